The second kappa shape index (κ2) is 6.79. The van der Waals surface area contributed by atoms with Gasteiger partial charge in [-0.15, -0.1) is 0 Å². The summed E-state index contributed by atoms with van der Waals surface area (Å²) in [5, 5.41) is 2.56. The number of rotatable bonds is 5. The van der Waals surface area contributed by atoms with Crippen LogP contribution in [0.2, 0.25) is 0 Å². The van der Waals surface area contributed by atoms with Gasteiger partial charge in [0.2, 0.25) is 5.91 Å². The minimum absolute atomic E-state index is 0.108. The van der Waals surface area contributed by atoms with Gasteiger partial charge in [-0.1, -0.05) is 13.0 Å². The van der Waals surface area contributed by atoms with Crippen LogP contribution in [-0.4, -0.2) is 44.5 Å². The fraction of sp³-hybridized carbons (Fsp3) is 0.429. The van der Waals surface area contributed by atoms with E-state index in [0.29, 0.717) is 23.5 Å². The van der Waals surface area contributed by atoms with Gasteiger partial charge < -0.3 is 20.7 Å². The van der Waals surface area contributed by atoms with Gasteiger partial charge in [-0.05, 0) is 12.1 Å². The predicted octanol–water partition coefficient (Wildman–Crippen LogP) is 0.731. The van der Waals surface area contributed by atoms with E-state index in [-0.39, 0.29) is 17.7 Å². The highest BCUT2D eigenvalue weighted by Crippen LogP contribution is 2.25. The van der Waals surface area contributed by atoms with Crippen molar-refractivity contribution in [2.75, 3.05) is 33.5 Å². The summed E-state index contributed by atoms with van der Waals surface area (Å²) < 4.78 is 5.09. The zero-order valence-electron chi connectivity index (χ0n) is 12.3. The van der Waals surface area contributed by atoms with Crippen LogP contribution in [0.4, 0.5) is 5.69 Å². The van der Waals surface area contributed by atoms with Crippen LogP contribution in [0.1, 0.15) is 17.3 Å². The molecule has 2 amide bonds. The zero-order valence-corrected chi connectivity index (χ0v) is 12.3. The molecule has 0 aliphatic rings. The first-order valence-corrected chi connectivity index (χ1v) is 6.31. The number of hydrogen-bond donors (Lipinski definition) is 2. The lowest BCUT2D eigenvalue weighted by atomic mass is 10.1. The van der Waals surface area contributed by atoms with Crippen molar-refractivity contribution in [3.05, 3.63) is 23.8 Å². The number of nitrogens with two attached hydrogens (primary N) is 1. The molecule has 0 fully saturated rings. The lowest BCUT2D eigenvalue weighted by Gasteiger charge is -2.21. The molecule has 0 aliphatic heterocycles. The number of para-hydroxylation sites is 1. The Morgan fingerprint density at radius 3 is 2.65 bits per heavy atom. The average molecular weight is 279 g/mol. The molecule has 6 nitrogen and oxygen atoms in total. The van der Waals surface area contributed by atoms with Crippen molar-refractivity contribution in [1.82, 2.24) is 10.2 Å². The monoisotopic (exact) mass is 279 g/mol. The summed E-state index contributed by atoms with van der Waals surface area (Å²) in [7, 11) is 4.71. The second-order valence-electron chi connectivity index (χ2n) is 4.62. The molecule has 1 aromatic rings. The van der Waals surface area contributed by atoms with E-state index in [1.807, 2.05) is 0 Å². The normalized spacial score (nSPS) is 11.6. The Morgan fingerprint density at radius 2 is 2.10 bits per heavy atom. The van der Waals surface area contributed by atoms with E-state index in [0.717, 1.165) is 0 Å². The molecule has 0 aromatic heterocycles. The van der Waals surface area contributed by atoms with Crippen LogP contribution in [0.3, 0.4) is 0 Å². The molecule has 0 heterocycles. The molecular weight excluding hydrogens is 258 g/mol. The number of nitrogen functional groups attached to an aromatic ring is 1. The molecule has 20 heavy (non-hydrogen) atoms. The number of carbonyl (C=O) groups is 2. The Hall–Kier alpha value is -2.24. The van der Waals surface area contributed by atoms with Crippen LogP contribution in [0.25, 0.3) is 0 Å². The molecule has 6 heteroatoms. The lowest BCUT2D eigenvalue weighted by Crippen LogP contribution is -2.37. The first-order valence-electron chi connectivity index (χ1n) is 6.31. The topological polar surface area (TPSA) is 84.7 Å². The van der Waals surface area contributed by atoms with E-state index in [2.05, 4.69) is 5.32 Å². The van der Waals surface area contributed by atoms with Gasteiger partial charge in [-0.2, -0.15) is 0 Å². The van der Waals surface area contributed by atoms with Crippen LogP contribution in [0, 0.1) is 5.92 Å². The molecule has 0 spiro atoms. The summed E-state index contributed by atoms with van der Waals surface area (Å²) in [5.74, 6) is -0.176. The van der Waals surface area contributed by atoms with E-state index in [1.165, 1.54) is 12.0 Å². The van der Waals surface area contributed by atoms with Crippen LogP contribution < -0.4 is 15.8 Å². The number of methoxy groups -OCH3 is 1. The van der Waals surface area contributed by atoms with Crippen molar-refractivity contribution in [1.29, 1.82) is 0 Å². The zero-order chi connectivity index (χ0) is 15.3. The summed E-state index contributed by atoms with van der Waals surface area (Å²) in [4.78, 5) is 25.3. The van der Waals surface area contributed by atoms with Gasteiger partial charge >= 0.3 is 0 Å². The molecule has 0 bridgehead atoms. The number of benzene rings is 1. The van der Waals surface area contributed by atoms with Gasteiger partial charge in [0, 0.05) is 20.6 Å². The van der Waals surface area contributed by atoms with E-state index < -0.39 is 0 Å². The largest absolute Gasteiger partial charge is 0.495 e. The van der Waals surface area contributed by atoms with Crippen molar-refractivity contribution in [3.8, 4) is 5.75 Å². The molecule has 1 aromatic carbocycles. The van der Waals surface area contributed by atoms with Gasteiger partial charge in [0.15, 0.2) is 0 Å². The maximum absolute atomic E-state index is 12.3. The van der Waals surface area contributed by atoms with Crippen LogP contribution in [0.15, 0.2) is 18.2 Å². The van der Waals surface area contributed by atoms with E-state index in [4.69, 9.17) is 10.5 Å². The fourth-order valence-electron chi connectivity index (χ4n) is 1.94. The highest BCUT2D eigenvalue weighted by Gasteiger charge is 2.20. The summed E-state index contributed by atoms with van der Waals surface area (Å²) in [6.45, 7) is 2.08. The van der Waals surface area contributed by atoms with Crippen LogP contribution in [0.5, 0.6) is 5.75 Å². The first kappa shape index (κ1) is 15.8. The Balaban J connectivity index is 2.87. The first-order chi connectivity index (χ1) is 9.42. The number of nitrogens with one attached hydrogen (secondary N) is 1. The van der Waals surface area contributed by atoms with Crippen LogP contribution in [-0.2, 0) is 4.79 Å². The summed E-state index contributed by atoms with van der Waals surface area (Å²) >= 11 is 0. The van der Waals surface area contributed by atoms with Gasteiger partial charge in [0.05, 0.1) is 24.3 Å². The molecule has 1 rings (SSSR count). The number of amides is 2. The van der Waals surface area contributed by atoms with Gasteiger partial charge in [-0.25, -0.2) is 0 Å². The fourth-order valence-corrected chi connectivity index (χ4v) is 1.94. The highest BCUT2D eigenvalue weighted by atomic mass is 16.5. The lowest BCUT2D eigenvalue weighted by molar-refractivity contribution is -0.124. The van der Waals surface area contributed by atoms with Gasteiger partial charge in [0.1, 0.15) is 5.75 Å². The highest BCUT2D eigenvalue weighted by molar-refractivity contribution is 6.00. The van der Waals surface area contributed by atoms with Crippen molar-refractivity contribution in [2.24, 2.45) is 5.92 Å². The summed E-state index contributed by atoms with van der Waals surface area (Å²) in [6.07, 6.45) is 0. The third-order valence-corrected chi connectivity index (χ3v) is 3.10. The number of carbonyl (C=O) groups excluding carboxylic acids is 2. The maximum Gasteiger partial charge on any atom is 0.255 e. The molecule has 1 atom stereocenters. The predicted molar refractivity (Wildman–Crippen MR) is 77.6 cm³/mol. The summed E-state index contributed by atoms with van der Waals surface area (Å²) in [5.41, 5.74) is 6.57. The molecule has 0 saturated heterocycles. The minimum Gasteiger partial charge on any atom is -0.495 e. The smallest absolute Gasteiger partial charge is 0.255 e. The Morgan fingerprint density at radius 1 is 1.45 bits per heavy atom. The second-order valence-corrected chi connectivity index (χ2v) is 4.62. The Bertz CT molecular complexity index is 502. The van der Waals surface area contributed by atoms with Crippen molar-refractivity contribution < 1.29 is 14.3 Å². The van der Waals surface area contributed by atoms with E-state index in [1.54, 1.807) is 39.2 Å². The molecule has 3 N–H and O–H groups in total. The third-order valence-electron chi connectivity index (χ3n) is 3.10. The van der Waals surface area contributed by atoms with Crippen LogP contribution >= 0.6 is 0 Å². The number of hydrogen-bond acceptors (Lipinski definition) is 4. The van der Waals surface area contributed by atoms with Gasteiger partial charge in [-0.3, -0.25) is 9.59 Å². The summed E-state index contributed by atoms with van der Waals surface area (Å²) in [6, 6.07) is 5.04. The van der Waals surface area contributed by atoms with E-state index >= 15 is 0 Å². The van der Waals surface area contributed by atoms with Gasteiger partial charge in [0.25, 0.3) is 5.91 Å². The quantitative estimate of drug-likeness (QED) is 0.778. The number of anilines is 1. The Kier molecular flexibility index (Phi) is 5.37. The molecule has 0 aliphatic carbocycles. The number of nitrogens with zero attached hydrogens (tertiary/aromatic N) is 1. The average Bonchev–Trinajstić information content (AvgIpc) is 2.45. The number of ether oxygens (including phenoxy) is 1. The molecule has 0 saturated carbocycles. The van der Waals surface area contributed by atoms with Crippen molar-refractivity contribution in [2.45, 2.75) is 6.92 Å². The minimum atomic E-state index is -0.291. The molecular formula is C14H21N3O3. The molecule has 1 unspecified atom stereocenters. The molecule has 0 radical (unpaired) electrons. The Labute approximate surface area is 118 Å². The molecule has 110 valence electrons. The third kappa shape index (κ3) is 3.40. The van der Waals surface area contributed by atoms with E-state index in [9.17, 15) is 9.59 Å². The SMILES string of the molecule is CNC(=O)C(C)CN(C)C(=O)c1cccc(OC)c1N. The van der Waals surface area contributed by atoms with Crippen molar-refractivity contribution >= 4 is 17.5 Å². The standard InChI is InChI=1S/C14H21N3O3/c1-9(13(18)16-2)8-17(3)14(19)10-6-5-7-11(20-4)12(10)15/h5-7,9H,8,15H2,1-4H3,(H,16,18). The van der Waals surface area contributed by atoms with Crippen molar-refractivity contribution in [3.63, 3.8) is 0 Å². The maximum atomic E-state index is 12.3.